The van der Waals surface area contributed by atoms with E-state index in [4.69, 9.17) is 23.2 Å². The molecular formula is C12H15Cl2N. The van der Waals surface area contributed by atoms with Crippen molar-refractivity contribution in [3.63, 3.8) is 0 Å². The zero-order valence-electron chi connectivity index (χ0n) is 8.76. The van der Waals surface area contributed by atoms with Crippen molar-refractivity contribution in [1.82, 2.24) is 5.32 Å². The van der Waals surface area contributed by atoms with E-state index in [2.05, 4.69) is 18.8 Å². The smallest absolute Gasteiger partial charge is 0.0468 e. The van der Waals surface area contributed by atoms with E-state index in [-0.39, 0.29) is 6.04 Å². The molecule has 0 heterocycles. The van der Waals surface area contributed by atoms with Gasteiger partial charge in [0.05, 0.1) is 0 Å². The van der Waals surface area contributed by atoms with Gasteiger partial charge in [0.2, 0.25) is 0 Å². The van der Waals surface area contributed by atoms with Crippen molar-refractivity contribution in [3.05, 3.63) is 46.5 Å². The van der Waals surface area contributed by atoms with E-state index in [1.54, 1.807) is 6.07 Å². The second-order valence-corrected chi connectivity index (χ2v) is 4.17. The summed E-state index contributed by atoms with van der Waals surface area (Å²) in [6.45, 7) is 6.57. The molecule has 0 fully saturated rings. The number of halogens is 2. The van der Waals surface area contributed by atoms with Crippen LogP contribution < -0.4 is 5.32 Å². The fraction of sp³-hybridized carbons (Fsp3) is 0.333. The van der Waals surface area contributed by atoms with Crippen LogP contribution in [-0.2, 0) is 0 Å². The maximum absolute atomic E-state index is 6.13. The Bertz CT molecular complexity index is 336. The molecule has 1 rings (SSSR count). The van der Waals surface area contributed by atoms with Crippen LogP contribution in [0.5, 0.6) is 0 Å². The van der Waals surface area contributed by atoms with Gasteiger partial charge < -0.3 is 5.32 Å². The van der Waals surface area contributed by atoms with Gasteiger partial charge in [0.15, 0.2) is 0 Å². The summed E-state index contributed by atoms with van der Waals surface area (Å²) in [6, 6.07) is 5.86. The third-order valence-electron chi connectivity index (χ3n) is 2.25. The van der Waals surface area contributed by atoms with Crippen LogP contribution in [0, 0.1) is 0 Å². The lowest BCUT2D eigenvalue weighted by molar-refractivity contribution is 0.552. The number of hydrogen-bond acceptors (Lipinski definition) is 1. The Hall–Kier alpha value is -0.500. The van der Waals surface area contributed by atoms with E-state index in [1.165, 1.54) is 0 Å². The van der Waals surface area contributed by atoms with Crippen LogP contribution >= 0.6 is 23.2 Å². The van der Waals surface area contributed by atoms with Crippen LogP contribution in [-0.4, -0.2) is 6.54 Å². The molecule has 0 aliphatic rings. The molecule has 0 aliphatic carbocycles. The number of nitrogens with one attached hydrogen (secondary N) is 1. The second-order valence-electron chi connectivity index (χ2n) is 3.32. The van der Waals surface area contributed by atoms with E-state index in [0.29, 0.717) is 10.0 Å². The van der Waals surface area contributed by atoms with Crippen LogP contribution in [0.2, 0.25) is 10.0 Å². The highest BCUT2D eigenvalue weighted by atomic mass is 35.5. The van der Waals surface area contributed by atoms with Crippen molar-refractivity contribution in [2.75, 3.05) is 6.54 Å². The van der Waals surface area contributed by atoms with Gasteiger partial charge in [-0.15, -0.1) is 6.58 Å². The molecule has 0 saturated carbocycles. The molecule has 1 aromatic rings. The van der Waals surface area contributed by atoms with Crippen molar-refractivity contribution >= 4 is 23.2 Å². The van der Waals surface area contributed by atoms with Gasteiger partial charge in [0.25, 0.3) is 0 Å². The van der Waals surface area contributed by atoms with Crippen LogP contribution in [0.25, 0.3) is 0 Å². The van der Waals surface area contributed by atoms with Crippen molar-refractivity contribution in [2.24, 2.45) is 0 Å². The average molecular weight is 244 g/mol. The van der Waals surface area contributed by atoms with Crippen LogP contribution in [0.15, 0.2) is 30.9 Å². The highest BCUT2D eigenvalue weighted by molar-refractivity contribution is 6.35. The van der Waals surface area contributed by atoms with Gasteiger partial charge in [-0.3, -0.25) is 0 Å². The second kappa shape index (κ2) is 6.16. The Kier molecular flexibility index (Phi) is 5.16. The van der Waals surface area contributed by atoms with Crippen molar-refractivity contribution in [1.29, 1.82) is 0 Å². The van der Waals surface area contributed by atoms with Crippen LogP contribution in [0.1, 0.15) is 24.9 Å². The first kappa shape index (κ1) is 12.6. The van der Waals surface area contributed by atoms with Crippen LogP contribution in [0.4, 0.5) is 0 Å². The summed E-state index contributed by atoms with van der Waals surface area (Å²) in [4.78, 5) is 0. The van der Waals surface area contributed by atoms with E-state index >= 15 is 0 Å². The summed E-state index contributed by atoms with van der Waals surface area (Å²) in [7, 11) is 0. The molecule has 1 atom stereocenters. The molecule has 0 bridgehead atoms. The fourth-order valence-electron chi connectivity index (χ4n) is 1.48. The van der Waals surface area contributed by atoms with Crippen LogP contribution in [0.3, 0.4) is 0 Å². The van der Waals surface area contributed by atoms with Gasteiger partial charge in [-0.2, -0.15) is 0 Å². The first-order chi connectivity index (χ1) is 7.19. The lowest BCUT2D eigenvalue weighted by Gasteiger charge is -2.17. The van der Waals surface area contributed by atoms with Gasteiger partial charge in [-0.1, -0.05) is 42.3 Å². The number of rotatable bonds is 5. The Morgan fingerprint density at radius 1 is 1.47 bits per heavy atom. The van der Waals surface area contributed by atoms with E-state index in [1.807, 2.05) is 18.2 Å². The molecule has 0 radical (unpaired) electrons. The molecule has 1 N–H and O–H groups in total. The maximum atomic E-state index is 6.13. The first-order valence-electron chi connectivity index (χ1n) is 4.98. The largest absolute Gasteiger partial charge is 0.306 e. The zero-order valence-corrected chi connectivity index (χ0v) is 10.3. The quantitative estimate of drug-likeness (QED) is 0.764. The minimum Gasteiger partial charge on any atom is -0.306 e. The fourth-order valence-corrected chi connectivity index (χ4v) is 2.02. The highest BCUT2D eigenvalue weighted by Crippen LogP contribution is 2.27. The first-order valence-corrected chi connectivity index (χ1v) is 5.73. The van der Waals surface area contributed by atoms with Crippen molar-refractivity contribution in [2.45, 2.75) is 19.4 Å². The molecule has 1 nitrogen and oxygen atoms in total. The van der Waals surface area contributed by atoms with Crippen molar-refractivity contribution < 1.29 is 0 Å². The predicted octanol–water partition coefficient (Wildman–Crippen LogP) is 4.22. The molecule has 3 heteroatoms. The van der Waals surface area contributed by atoms with Crippen molar-refractivity contribution in [3.8, 4) is 0 Å². The Morgan fingerprint density at radius 2 is 2.20 bits per heavy atom. The average Bonchev–Trinajstić information content (AvgIpc) is 2.21. The summed E-state index contributed by atoms with van der Waals surface area (Å²) in [5.74, 6) is 0. The van der Waals surface area contributed by atoms with E-state index in [9.17, 15) is 0 Å². The van der Waals surface area contributed by atoms with Gasteiger partial charge in [0, 0.05) is 22.6 Å². The SMILES string of the molecule is C=CCNC(CC)c1ccc(Cl)cc1Cl. The molecule has 0 spiro atoms. The third-order valence-corrected chi connectivity index (χ3v) is 2.82. The molecule has 0 aromatic heterocycles. The summed E-state index contributed by atoms with van der Waals surface area (Å²) < 4.78 is 0. The Labute approximate surface area is 101 Å². The molecule has 0 saturated heterocycles. The number of hydrogen-bond donors (Lipinski definition) is 1. The number of benzene rings is 1. The monoisotopic (exact) mass is 243 g/mol. The molecule has 82 valence electrons. The molecule has 1 unspecified atom stereocenters. The highest BCUT2D eigenvalue weighted by Gasteiger charge is 2.11. The maximum Gasteiger partial charge on any atom is 0.0468 e. The van der Waals surface area contributed by atoms with E-state index < -0.39 is 0 Å². The summed E-state index contributed by atoms with van der Waals surface area (Å²) in [6.07, 6.45) is 2.82. The standard InChI is InChI=1S/C12H15Cl2N/c1-3-7-15-12(4-2)10-6-5-9(13)8-11(10)14/h3,5-6,8,12,15H,1,4,7H2,2H3. The van der Waals surface area contributed by atoms with Gasteiger partial charge >= 0.3 is 0 Å². The molecule has 1 aromatic carbocycles. The van der Waals surface area contributed by atoms with Gasteiger partial charge in [-0.05, 0) is 24.1 Å². The zero-order chi connectivity index (χ0) is 11.3. The molecule has 15 heavy (non-hydrogen) atoms. The minimum atomic E-state index is 0.257. The lowest BCUT2D eigenvalue weighted by Crippen LogP contribution is -2.20. The lowest BCUT2D eigenvalue weighted by atomic mass is 10.0. The Morgan fingerprint density at radius 3 is 2.73 bits per heavy atom. The summed E-state index contributed by atoms with van der Waals surface area (Å²) >= 11 is 12.0. The predicted molar refractivity (Wildman–Crippen MR) is 67.7 cm³/mol. The topological polar surface area (TPSA) is 12.0 Å². The minimum absolute atomic E-state index is 0.257. The third kappa shape index (κ3) is 3.53. The normalized spacial score (nSPS) is 12.5. The summed E-state index contributed by atoms with van der Waals surface area (Å²) in [5.41, 5.74) is 1.09. The van der Waals surface area contributed by atoms with Gasteiger partial charge in [0.1, 0.15) is 0 Å². The van der Waals surface area contributed by atoms with Gasteiger partial charge in [-0.25, -0.2) is 0 Å². The molecular weight excluding hydrogens is 229 g/mol. The van der Waals surface area contributed by atoms with E-state index in [0.717, 1.165) is 18.5 Å². The summed E-state index contributed by atoms with van der Waals surface area (Å²) in [5, 5.41) is 4.73. The molecule has 0 amide bonds. The Balaban J connectivity index is 2.86. The molecule has 0 aliphatic heterocycles.